The lowest BCUT2D eigenvalue weighted by molar-refractivity contribution is -0.125. The summed E-state index contributed by atoms with van der Waals surface area (Å²) in [6.07, 6.45) is 4.94. The molecule has 0 aromatic carbocycles. The fourth-order valence-corrected chi connectivity index (χ4v) is 3.10. The molecule has 3 unspecified atom stereocenters. The van der Waals surface area contributed by atoms with E-state index in [-0.39, 0.29) is 17.9 Å². The van der Waals surface area contributed by atoms with E-state index >= 15 is 0 Å². The summed E-state index contributed by atoms with van der Waals surface area (Å²) in [5, 5.41) is 3.13. The molecule has 1 heterocycles. The first-order valence-corrected chi connectivity index (χ1v) is 8.28. The van der Waals surface area contributed by atoms with Crippen LogP contribution >= 0.6 is 0 Å². The molecule has 4 nitrogen and oxygen atoms in total. The Labute approximate surface area is 124 Å². The van der Waals surface area contributed by atoms with Crippen molar-refractivity contribution in [2.24, 2.45) is 17.6 Å². The average molecular weight is 283 g/mol. The maximum atomic E-state index is 12.1. The quantitative estimate of drug-likeness (QED) is 0.716. The van der Waals surface area contributed by atoms with Gasteiger partial charge < -0.3 is 11.1 Å². The number of nitrogens with one attached hydrogen (secondary N) is 1. The maximum absolute atomic E-state index is 12.1. The molecule has 3 N–H and O–H groups in total. The molecular formula is C16H33N3O. The van der Waals surface area contributed by atoms with Crippen LogP contribution < -0.4 is 11.1 Å². The van der Waals surface area contributed by atoms with E-state index in [0.29, 0.717) is 12.0 Å². The van der Waals surface area contributed by atoms with E-state index in [4.69, 9.17) is 5.73 Å². The number of rotatable bonds is 8. The molecule has 1 aliphatic rings. The molecule has 0 radical (unpaired) electrons. The Balaban J connectivity index is 2.58. The third-order valence-electron chi connectivity index (χ3n) is 4.89. The summed E-state index contributed by atoms with van der Waals surface area (Å²) in [5.74, 6) is 0.644. The van der Waals surface area contributed by atoms with Gasteiger partial charge in [0.1, 0.15) is 0 Å². The Morgan fingerprint density at radius 2 is 1.75 bits per heavy atom. The molecule has 0 bridgehead atoms. The fourth-order valence-electron chi connectivity index (χ4n) is 3.10. The van der Waals surface area contributed by atoms with Gasteiger partial charge in [-0.25, -0.2) is 0 Å². The zero-order valence-electron chi connectivity index (χ0n) is 13.7. The monoisotopic (exact) mass is 283 g/mol. The summed E-state index contributed by atoms with van der Waals surface area (Å²) >= 11 is 0. The molecule has 0 aliphatic carbocycles. The second-order valence-electron chi connectivity index (χ2n) is 6.28. The van der Waals surface area contributed by atoms with Crippen molar-refractivity contribution in [2.75, 3.05) is 19.6 Å². The van der Waals surface area contributed by atoms with Crippen molar-refractivity contribution in [2.45, 2.75) is 65.5 Å². The van der Waals surface area contributed by atoms with Crippen molar-refractivity contribution in [1.82, 2.24) is 10.2 Å². The zero-order valence-corrected chi connectivity index (χ0v) is 13.7. The minimum atomic E-state index is -0.115. The lowest BCUT2D eigenvalue weighted by Crippen LogP contribution is -2.49. The van der Waals surface area contributed by atoms with Gasteiger partial charge in [0, 0.05) is 24.5 Å². The van der Waals surface area contributed by atoms with Gasteiger partial charge in [0.15, 0.2) is 0 Å². The Morgan fingerprint density at radius 3 is 2.20 bits per heavy atom. The summed E-state index contributed by atoms with van der Waals surface area (Å²) in [7, 11) is 0. The molecule has 118 valence electrons. The minimum absolute atomic E-state index is 0.0895. The van der Waals surface area contributed by atoms with Gasteiger partial charge in [-0.05, 0) is 38.8 Å². The number of hydrogen-bond donors (Lipinski definition) is 2. The molecule has 1 amide bonds. The Kier molecular flexibility index (Phi) is 7.52. The average Bonchev–Trinajstić information content (AvgIpc) is 2.95. The van der Waals surface area contributed by atoms with Crippen LogP contribution in [0.3, 0.4) is 0 Å². The first-order valence-electron chi connectivity index (χ1n) is 8.28. The highest BCUT2D eigenvalue weighted by Gasteiger charge is 2.28. The molecule has 0 aromatic heterocycles. The van der Waals surface area contributed by atoms with Crippen LogP contribution in [0.15, 0.2) is 0 Å². The molecule has 20 heavy (non-hydrogen) atoms. The summed E-state index contributed by atoms with van der Waals surface area (Å²) in [5.41, 5.74) is 5.81. The zero-order chi connectivity index (χ0) is 15.1. The third kappa shape index (κ3) is 4.74. The van der Waals surface area contributed by atoms with E-state index in [2.05, 4.69) is 24.1 Å². The van der Waals surface area contributed by atoms with Gasteiger partial charge >= 0.3 is 0 Å². The van der Waals surface area contributed by atoms with Crippen molar-refractivity contribution in [3.05, 3.63) is 0 Å². The molecule has 1 saturated heterocycles. The molecule has 4 heteroatoms. The molecule has 0 aromatic rings. The molecule has 1 fully saturated rings. The molecule has 1 aliphatic heterocycles. The topological polar surface area (TPSA) is 58.4 Å². The van der Waals surface area contributed by atoms with E-state index in [1.54, 1.807) is 0 Å². The summed E-state index contributed by atoms with van der Waals surface area (Å²) in [6, 6.07) is 0.394. The molecule has 0 saturated carbocycles. The minimum Gasteiger partial charge on any atom is -0.354 e. The number of amides is 1. The van der Waals surface area contributed by atoms with E-state index < -0.39 is 0 Å². The van der Waals surface area contributed by atoms with Crippen LogP contribution in [-0.4, -0.2) is 42.5 Å². The number of carbonyl (C=O) groups is 1. The van der Waals surface area contributed by atoms with Crippen molar-refractivity contribution >= 4 is 5.91 Å². The maximum Gasteiger partial charge on any atom is 0.224 e. The highest BCUT2D eigenvalue weighted by molar-refractivity contribution is 5.78. The highest BCUT2D eigenvalue weighted by atomic mass is 16.1. The summed E-state index contributed by atoms with van der Waals surface area (Å²) in [4.78, 5) is 14.7. The number of nitrogens with two attached hydrogens (primary N) is 1. The first kappa shape index (κ1) is 17.4. The highest BCUT2D eigenvalue weighted by Crippen LogP contribution is 2.22. The van der Waals surface area contributed by atoms with Gasteiger partial charge in [-0.15, -0.1) is 0 Å². The largest absolute Gasteiger partial charge is 0.354 e. The first-order chi connectivity index (χ1) is 9.51. The molecule has 3 atom stereocenters. The number of likely N-dealkylation sites (tertiary alicyclic amines) is 1. The van der Waals surface area contributed by atoms with E-state index in [0.717, 1.165) is 6.54 Å². The van der Waals surface area contributed by atoms with Crippen molar-refractivity contribution < 1.29 is 4.79 Å². The normalized spacial score (nSPS) is 20.9. The number of carbonyl (C=O) groups excluding carboxylic acids is 1. The molecule has 0 spiro atoms. The Hall–Kier alpha value is -0.610. The fraction of sp³-hybridized carbons (Fsp3) is 0.938. The summed E-state index contributed by atoms with van der Waals surface area (Å²) < 4.78 is 0. The Morgan fingerprint density at radius 1 is 1.20 bits per heavy atom. The standard InChI is InChI=1S/C16H33N3O/c1-5-14(6-2)15(19-9-7-8-10-19)11-18-16(20)12(3)13(4)17/h12-15H,5-11,17H2,1-4H3,(H,18,20). The van der Waals surface area contributed by atoms with Gasteiger partial charge in [0.25, 0.3) is 0 Å². The lowest BCUT2D eigenvalue weighted by atomic mass is 9.92. The second-order valence-corrected chi connectivity index (χ2v) is 6.28. The van der Waals surface area contributed by atoms with Crippen LogP contribution in [0.2, 0.25) is 0 Å². The van der Waals surface area contributed by atoms with Gasteiger partial charge in [-0.1, -0.05) is 33.6 Å². The van der Waals surface area contributed by atoms with Crippen molar-refractivity contribution in [3.63, 3.8) is 0 Å². The predicted octanol–water partition coefficient (Wildman–Crippen LogP) is 1.99. The van der Waals surface area contributed by atoms with Crippen LogP contribution in [-0.2, 0) is 4.79 Å². The summed E-state index contributed by atoms with van der Waals surface area (Å²) in [6.45, 7) is 11.4. The van der Waals surface area contributed by atoms with Gasteiger partial charge in [-0.2, -0.15) is 0 Å². The number of nitrogens with zero attached hydrogens (tertiary/aromatic N) is 1. The van der Waals surface area contributed by atoms with Crippen LogP contribution in [0.4, 0.5) is 0 Å². The smallest absolute Gasteiger partial charge is 0.224 e. The van der Waals surface area contributed by atoms with Crippen molar-refractivity contribution in [1.29, 1.82) is 0 Å². The third-order valence-corrected chi connectivity index (χ3v) is 4.89. The predicted molar refractivity (Wildman–Crippen MR) is 84.5 cm³/mol. The van der Waals surface area contributed by atoms with Crippen LogP contribution in [0.1, 0.15) is 53.4 Å². The SMILES string of the molecule is CCC(CC)C(CNC(=O)C(C)C(C)N)N1CCCC1. The van der Waals surface area contributed by atoms with Gasteiger partial charge in [0.05, 0.1) is 0 Å². The van der Waals surface area contributed by atoms with E-state index in [9.17, 15) is 4.79 Å². The van der Waals surface area contributed by atoms with Gasteiger partial charge in [0.2, 0.25) is 5.91 Å². The van der Waals surface area contributed by atoms with Crippen LogP contribution in [0.5, 0.6) is 0 Å². The Bertz CT molecular complexity index is 281. The van der Waals surface area contributed by atoms with E-state index in [1.807, 2.05) is 13.8 Å². The van der Waals surface area contributed by atoms with E-state index in [1.165, 1.54) is 38.8 Å². The molecular weight excluding hydrogens is 250 g/mol. The lowest BCUT2D eigenvalue weighted by Gasteiger charge is -2.34. The second kappa shape index (κ2) is 8.63. The van der Waals surface area contributed by atoms with Crippen molar-refractivity contribution in [3.8, 4) is 0 Å². The molecule has 1 rings (SSSR count). The van der Waals surface area contributed by atoms with Gasteiger partial charge in [-0.3, -0.25) is 9.69 Å². The van der Waals surface area contributed by atoms with Crippen LogP contribution in [0, 0.1) is 11.8 Å². The number of hydrogen-bond acceptors (Lipinski definition) is 3. The van der Waals surface area contributed by atoms with Crippen LogP contribution in [0.25, 0.3) is 0 Å².